The molecule has 106 valence electrons. The molecule has 2 aliphatic rings. The van der Waals surface area contributed by atoms with Crippen molar-refractivity contribution in [3.8, 4) is 0 Å². The van der Waals surface area contributed by atoms with Crippen LogP contribution >= 0.6 is 0 Å². The largest absolute Gasteiger partial charge is 0.389 e. The number of methoxy groups -OCH3 is 1. The van der Waals surface area contributed by atoms with Crippen LogP contribution < -0.4 is 10.6 Å². The van der Waals surface area contributed by atoms with E-state index in [4.69, 9.17) is 4.74 Å². The van der Waals surface area contributed by atoms with E-state index in [-0.39, 0.29) is 6.10 Å². The second kappa shape index (κ2) is 7.43. The molecule has 3 N–H and O–H groups in total. The second-order valence-electron chi connectivity index (χ2n) is 5.78. The molecular weight excluding hydrogens is 228 g/mol. The predicted molar refractivity (Wildman–Crippen MR) is 72.7 cm³/mol. The fourth-order valence-electron chi connectivity index (χ4n) is 3.51. The fourth-order valence-corrected chi connectivity index (χ4v) is 3.51. The van der Waals surface area contributed by atoms with Crippen molar-refractivity contribution in [1.29, 1.82) is 0 Å². The molecule has 2 fully saturated rings. The van der Waals surface area contributed by atoms with Crippen molar-refractivity contribution in [1.82, 2.24) is 10.6 Å². The van der Waals surface area contributed by atoms with Crippen LogP contribution in [0.25, 0.3) is 0 Å². The van der Waals surface area contributed by atoms with Crippen LogP contribution in [0.3, 0.4) is 0 Å². The third-order valence-electron chi connectivity index (χ3n) is 4.41. The molecule has 18 heavy (non-hydrogen) atoms. The molecule has 1 saturated heterocycles. The summed E-state index contributed by atoms with van der Waals surface area (Å²) in [7, 11) is 1.63. The molecule has 4 atom stereocenters. The van der Waals surface area contributed by atoms with Gasteiger partial charge in [-0.05, 0) is 38.1 Å². The van der Waals surface area contributed by atoms with Crippen molar-refractivity contribution in [2.24, 2.45) is 5.92 Å². The highest BCUT2D eigenvalue weighted by Crippen LogP contribution is 2.31. The van der Waals surface area contributed by atoms with E-state index in [9.17, 15) is 5.11 Å². The van der Waals surface area contributed by atoms with Crippen molar-refractivity contribution in [3.63, 3.8) is 0 Å². The number of piperidine rings is 1. The molecule has 1 aliphatic carbocycles. The number of hydrogen-bond donors (Lipinski definition) is 3. The van der Waals surface area contributed by atoms with Crippen molar-refractivity contribution in [2.75, 3.05) is 26.8 Å². The maximum Gasteiger partial charge on any atom is 0.0897 e. The lowest BCUT2D eigenvalue weighted by molar-refractivity contribution is 0.0609. The Morgan fingerprint density at radius 3 is 2.89 bits per heavy atom. The van der Waals surface area contributed by atoms with Crippen LogP contribution in [0.1, 0.15) is 38.5 Å². The van der Waals surface area contributed by atoms with E-state index in [0.717, 1.165) is 5.92 Å². The lowest BCUT2D eigenvalue weighted by atomic mass is 9.88. The predicted octanol–water partition coefficient (Wildman–Crippen LogP) is 0.894. The molecule has 1 aliphatic heterocycles. The van der Waals surface area contributed by atoms with Crippen LogP contribution in [-0.2, 0) is 4.74 Å². The van der Waals surface area contributed by atoms with E-state index < -0.39 is 0 Å². The zero-order chi connectivity index (χ0) is 12.8. The molecule has 4 nitrogen and oxygen atoms in total. The van der Waals surface area contributed by atoms with Gasteiger partial charge >= 0.3 is 0 Å². The first-order valence-corrected chi connectivity index (χ1v) is 7.45. The average molecular weight is 256 g/mol. The maximum absolute atomic E-state index is 9.70. The van der Waals surface area contributed by atoms with Crippen LogP contribution in [0, 0.1) is 5.92 Å². The Morgan fingerprint density at radius 1 is 1.28 bits per heavy atom. The van der Waals surface area contributed by atoms with E-state index >= 15 is 0 Å². The third kappa shape index (κ3) is 3.92. The minimum Gasteiger partial charge on any atom is -0.389 e. The van der Waals surface area contributed by atoms with Gasteiger partial charge in [0.25, 0.3) is 0 Å². The highest BCUT2D eigenvalue weighted by Gasteiger charge is 2.33. The Hall–Kier alpha value is -0.160. The van der Waals surface area contributed by atoms with Gasteiger partial charge in [0.1, 0.15) is 0 Å². The Bertz CT molecular complexity index is 232. The van der Waals surface area contributed by atoms with E-state index in [1.54, 1.807) is 7.11 Å². The SMILES string of the molecule is COCC(O)CNC1CCCC1C1CCCCN1. The highest BCUT2D eigenvalue weighted by molar-refractivity contribution is 4.92. The summed E-state index contributed by atoms with van der Waals surface area (Å²) in [4.78, 5) is 0. The van der Waals surface area contributed by atoms with Gasteiger partial charge in [0.2, 0.25) is 0 Å². The number of nitrogens with one attached hydrogen (secondary N) is 2. The molecule has 0 aromatic rings. The molecule has 0 aromatic carbocycles. The first kappa shape index (κ1) is 14.3. The standard InChI is InChI=1S/C14H28N2O2/c1-18-10-11(17)9-16-14-7-4-5-12(14)13-6-2-3-8-15-13/h11-17H,2-10H2,1H3. The minimum absolute atomic E-state index is 0.379. The topological polar surface area (TPSA) is 53.5 Å². The highest BCUT2D eigenvalue weighted by atomic mass is 16.5. The van der Waals surface area contributed by atoms with E-state index in [2.05, 4.69) is 10.6 Å². The van der Waals surface area contributed by atoms with Crippen molar-refractivity contribution in [3.05, 3.63) is 0 Å². The summed E-state index contributed by atoms with van der Waals surface area (Å²) < 4.78 is 4.96. The second-order valence-corrected chi connectivity index (χ2v) is 5.78. The average Bonchev–Trinajstić information content (AvgIpc) is 2.86. The number of hydrogen-bond acceptors (Lipinski definition) is 4. The molecule has 0 aromatic heterocycles. The molecule has 2 rings (SSSR count). The van der Waals surface area contributed by atoms with Crippen LogP contribution in [0.15, 0.2) is 0 Å². The smallest absolute Gasteiger partial charge is 0.0897 e. The van der Waals surface area contributed by atoms with Gasteiger partial charge in [0, 0.05) is 25.7 Å². The lowest BCUT2D eigenvalue weighted by Gasteiger charge is -2.33. The van der Waals surface area contributed by atoms with Gasteiger partial charge < -0.3 is 20.5 Å². The summed E-state index contributed by atoms with van der Waals surface area (Å²) in [5, 5.41) is 16.9. The summed E-state index contributed by atoms with van der Waals surface area (Å²) in [6.45, 7) is 2.26. The van der Waals surface area contributed by atoms with E-state index in [1.807, 2.05) is 0 Å². The molecule has 0 radical (unpaired) electrons. The molecule has 1 heterocycles. The molecule has 4 unspecified atom stereocenters. The first-order valence-electron chi connectivity index (χ1n) is 7.45. The van der Waals surface area contributed by atoms with Gasteiger partial charge in [-0.25, -0.2) is 0 Å². The summed E-state index contributed by atoms with van der Waals surface area (Å²) in [6.07, 6.45) is 7.54. The zero-order valence-electron chi connectivity index (χ0n) is 11.5. The molecule has 4 heteroatoms. The lowest BCUT2D eigenvalue weighted by Crippen LogP contribution is -2.48. The van der Waals surface area contributed by atoms with Gasteiger partial charge in [-0.1, -0.05) is 12.8 Å². The number of ether oxygens (including phenoxy) is 1. The van der Waals surface area contributed by atoms with Gasteiger partial charge in [0.05, 0.1) is 12.7 Å². The van der Waals surface area contributed by atoms with Crippen LogP contribution in [-0.4, -0.2) is 50.1 Å². The zero-order valence-corrected chi connectivity index (χ0v) is 11.5. The Kier molecular flexibility index (Phi) is 5.89. The Balaban J connectivity index is 1.76. The quantitative estimate of drug-likeness (QED) is 0.661. The van der Waals surface area contributed by atoms with Crippen molar-refractivity contribution in [2.45, 2.75) is 56.7 Å². The van der Waals surface area contributed by atoms with Crippen molar-refractivity contribution >= 4 is 0 Å². The number of aliphatic hydroxyl groups excluding tert-OH is 1. The normalized spacial score (nSPS) is 34.7. The summed E-state index contributed by atoms with van der Waals surface area (Å²) >= 11 is 0. The van der Waals surface area contributed by atoms with E-state index in [1.165, 1.54) is 45.1 Å². The van der Waals surface area contributed by atoms with Crippen molar-refractivity contribution < 1.29 is 9.84 Å². The number of rotatable bonds is 6. The molecule has 1 saturated carbocycles. The maximum atomic E-state index is 9.70. The fraction of sp³-hybridized carbons (Fsp3) is 1.00. The monoisotopic (exact) mass is 256 g/mol. The van der Waals surface area contributed by atoms with Crippen LogP contribution in [0.5, 0.6) is 0 Å². The van der Waals surface area contributed by atoms with Crippen LogP contribution in [0.2, 0.25) is 0 Å². The Morgan fingerprint density at radius 2 is 2.17 bits per heavy atom. The van der Waals surface area contributed by atoms with Gasteiger partial charge in [0.15, 0.2) is 0 Å². The summed E-state index contributed by atoms with van der Waals surface area (Å²) in [6, 6.07) is 1.27. The summed E-state index contributed by atoms with van der Waals surface area (Å²) in [5.74, 6) is 0.750. The van der Waals surface area contributed by atoms with E-state index in [0.29, 0.717) is 25.2 Å². The molecule has 0 amide bonds. The molecule has 0 spiro atoms. The number of aliphatic hydroxyl groups is 1. The summed E-state index contributed by atoms with van der Waals surface area (Å²) in [5.41, 5.74) is 0. The van der Waals surface area contributed by atoms with Gasteiger partial charge in [-0.15, -0.1) is 0 Å². The Labute approximate surface area is 110 Å². The van der Waals surface area contributed by atoms with Crippen LogP contribution in [0.4, 0.5) is 0 Å². The van der Waals surface area contributed by atoms with Gasteiger partial charge in [-0.3, -0.25) is 0 Å². The molecule has 0 bridgehead atoms. The minimum atomic E-state index is -0.379. The third-order valence-corrected chi connectivity index (χ3v) is 4.41. The first-order chi connectivity index (χ1) is 8.81. The van der Waals surface area contributed by atoms with Gasteiger partial charge in [-0.2, -0.15) is 0 Å². The molecular formula is C14H28N2O2.